The zero-order valence-corrected chi connectivity index (χ0v) is 8.29. The van der Waals surface area contributed by atoms with Crippen molar-refractivity contribution >= 4 is 18.1 Å². The second-order valence-electron chi connectivity index (χ2n) is 2.68. The molecule has 1 rings (SSSR count). The zero-order valence-electron chi connectivity index (χ0n) is 7.47. The molecule has 0 amide bonds. The van der Waals surface area contributed by atoms with Gasteiger partial charge in [-0.3, -0.25) is 10.1 Å². The summed E-state index contributed by atoms with van der Waals surface area (Å²) in [6, 6.07) is 3.60. The third kappa shape index (κ3) is 3.10. The van der Waals surface area contributed by atoms with Gasteiger partial charge in [-0.15, -0.1) is 12.4 Å². The van der Waals surface area contributed by atoms with E-state index in [1.54, 1.807) is 0 Å². The highest BCUT2D eigenvalue weighted by atomic mass is 35.5. The monoisotopic (exact) mass is 238 g/mol. The van der Waals surface area contributed by atoms with Crippen molar-refractivity contribution in [2.24, 2.45) is 5.73 Å². The van der Waals surface area contributed by atoms with Crippen LogP contribution >= 0.6 is 12.4 Å². The largest absolute Gasteiger partial charge is 0.319 e. The first kappa shape index (κ1) is 13.7. The zero-order chi connectivity index (χ0) is 10.7. The summed E-state index contributed by atoms with van der Waals surface area (Å²) in [5.41, 5.74) is 4.60. The molecule has 0 heterocycles. The molecule has 0 aliphatic heterocycles. The first-order chi connectivity index (χ1) is 6.54. The Labute approximate surface area is 90.6 Å². The van der Waals surface area contributed by atoms with Crippen molar-refractivity contribution < 1.29 is 13.7 Å². The molecule has 0 aliphatic carbocycles. The predicted octanol–water partition coefficient (Wildman–Crippen LogP) is 2.28. The lowest BCUT2D eigenvalue weighted by Gasteiger charge is -2.10. The molecule has 4 nitrogen and oxygen atoms in total. The van der Waals surface area contributed by atoms with Gasteiger partial charge in [0, 0.05) is 6.07 Å². The summed E-state index contributed by atoms with van der Waals surface area (Å²) >= 11 is 0. The van der Waals surface area contributed by atoms with Gasteiger partial charge in [0.2, 0.25) is 0 Å². The number of nitrogens with two attached hydrogens (primary N) is 1. The molecule has 0 aliphatic rings. The number of hydrogen-bond donors (Lipinski definition) is 1. The molecule has 1 aromatic rings. The third-order valence-corrected chi connectivity index (χ3v) is 1.76. The van der Waals surface area contributed by atoms with E-state index in [0.29, 0.717) is 0 Å². The van der Waals surface area contributed by atoms with Gasteiger partial charge in [-0.05, 0) is 0 Å². The first-order valence-corrected chi connectivity index (χ1v) is 3.81. The molecule has 0 saturated carbocycles. The number of nitrogens with zero attached hydrogens (tertiary/aromatic N) is 1. The normalized spacial score (nSPS) is 12.0. The number of nitro benzene ring substituents is 1. The van der Waals surface area contributed by atoms with E-state index >= 15 is 0 Å². The molecule has 0 unspecified atom stereocenters. The Morgan fingerprint density at radius 3 is 2.33 bits per heavy atom. The van der Waals surface area contributed by atoms with Gasteiger partial charge in [-0.2, -0.15) is 0 Å². The average molecular weight is 239 g/mol. The fourth-order valence-corrected chi connectivity index (χ4v) is 1.07. The van der Waals surface area contributed by atoms with Crippen LogP contribution in [0.5, 0.6) is 0 Å². The summed E-state index contributed by atoms with van der Waals surface area (Å²) in [6.07, 6.45) is -2.81. The van der Waals surface area contributed by atoms with Gasteiger partial charge < -0.3 is 5.73 Å². The van der Waals surface area contributed by atoms with Crippen LogP contribution in [-0.2, 0) is 0 Å². The molecular weight excluding hydrogens is 230 g/mol. The van der Waals surface area contributed by atoms with E-state index in [2.05, 4.69) is 0 Å². The Bertz CT molecular complexity index is 349. The lowest BCUT2D eigenvalue weighted by Crippen LogP contribution is -2.20. The third-order valence-electron chi connectivity index (χ3n) is 1.76. The Morgan fingerprint density at radius 1 is 1.33 bits per heavy atom. The SMILES string of the molecule is Cl.N[C@H](c1ccccc1[N+](=O)[O-])C(F)F. The van der Waals surface area contributed by atoms with Crippen molar-refractivity contribution in [3.63, 3.8) is 0 Å². The van der Waals surface area contributed by atoms with Crippen LogP contribution in [0.25, 0.3) is 0 Å². The molecular formula is C8H9ClF2N2O2. The Kier molecular flexibility index (Phi) is 5.10. The molecule has 0 radical (unpaired) electrons. The number of nitro groups is 1. The Balaban J connectivity index is 0.00000196. The van der Waals surface area contributed by atoms with Crippen molar-refractivity contribution in [3.8, 4) is 0 Å². The summed E-state index contributed by atoms with van der Waals surface area (Å²) in [4.78, 5) is 9.73. The van der Waals surface area contributed by atoms with Crippen LogP contribution < -0.4 is 5.73 Å². The van der Waals surface area contributed by atoms with Gasteiger partial charge in [0.15, 0.2) is 0 Å². The standard InChI is InChI=1S/C8H8F2N2O2.ClH/c9-8(10)7(11)5-3-1-2-4-6(5)12(13)14;/h1-4,7-8H,11H2;1H/t7-;/m1./s1. The number of hydrogen-bond acceptors (Lipinski definition) is 3. The van der Waals surface area contributed by atoms with E-state index in [0.717, 1.165) is 6.07 Å². The highest BCUT2D eigenvalue weighted by Crippen LogP contribution is 2.26. The topological polar surface area (TPSA) is 69.2 Å². The van der Waals surface area contributed by atoms with Gasteiger partial charge in [-0.1, -0.05) is 18.2 Å². The highest BCUT2D eigenvalue weighted by Gasteiger charge is 2.25. The van der Waals surface area contributed by atoms with E-state index in [1.165, 1.54) is 18.2 Å². The minimum atomic E-state index is -2.81. The molecule has 0 bridgehead atoms. The van der Waals surface area contributed by atoms with E-state index in [-0.39, 0.29) is 23.7 Å². The summed E-state index contributed by atoms with van der Waals surface area (Å²) < 4.78 is 24.4. The Hall–Kier alpha value is -1.27. The van der Waals surface area contributed by atoms with Gasteiger partial charge in [0.05, 0.1) is 16.5 Å². The quantitative estimate of drug-likeness (QED) is 0.649. The fraction of sp³-hybridized carbons (Fsp3) is 0.250. The van der Waals surface area contributed by atoms with Crippen LogP contribution in [0.4, 0.5) is 14.5 Å². The molecule has 7 heteroatoms. The van der Waals surface area contributed by atoms with Crippen molar-refractivity contribution in [1.29, 1.82) is 0 Å². The number of para-hydroxylation sites is 1. The second-order valence-corrected chi connectivity index (χ2v) is 2.68. The van der Waals surface area contributed by atoms with E-state index in [4.69, 9.17) is 5.73 Å². The summed E-state index contributed by atoms with van der Waals surface area (Å²) in [5.74, 6) is 0. The molecule has 0 aromatic heterocycles. The molecule has 84 valence electrons. The van der Waals surface area contributed by atoms with Crippen LogP contribution in [0.15, 0.2) is 24.3 Å². The second kappa shape index (κ2) is 5.57. The lowest BCUT2D eigenvalue weighted by molar-refractivity contribution is -0.385. The minimum absolute atomic E-state index is 0. The van der Waals surface area contributed by atoms with Crippen molar-refractivity contribution in [2.75, 3.05) is 0 Å². The maximum Gasteiger partial charge on any atom is 0.274 e. The maximum absolute atomic E-state index is 12.2. The predicted molar refractivity (Wildman–Crippen MR) is 53.3 cm³/mol. The minimum Gasteiger partial charge on any atom is -0.319 e. The van der Waals surface area contributed by atoms with E-state index < -0.39 is 17.4 Å². The number of alkyl halides is 2. The van der Waals surface area contributed by atoms with E-state index in [1.807, 2.05) is 0 Å². The number of benzene rings is 1. The van der Waals surface area contributed by atoms with Gasteiger partial charge >= 0.3 is 0 Å². The summed E-state index contributed by atoms with van der Waals surface area (Å²) in [5, 5.41) is 10.5. The van der Waals surface area contributed by atoms with Crippen LogP contribution in [0.2, 0.25) is 0 Å². The van der Waals surface area contributed by atoms with Crippen LogP contribution in [-0.4, -0.2) is 11.3 Å². The lowest BCUT2D eigenvalue weighted by atomic mass is 10.1. The fourth-order valence-electron chi connectivity index (χ4n) is 1.07. The number of rotatable bonds is 3. The van der Waals surface area contributed by atoms with Gasteiger partial charge in [0.25, 0.3) is 12.1 Å². The van der Waals surface area contributed by atoms with E-state index in [9.17, 15) is 18.9 Å². The van der Waals surface area contributed by atoms with Crippen LogP contribution in [0.3, 0.4) is 0 Å². The summed E-state index contributed by atoms with van der Waals surface area (Å²) in [7, 11) is 0. The average Bonchev–Trinajstić information content (AvgIpc) is 2.16. The van der Waals surface area contributed by atoms with Crippen molar-refractivity contribution in [3.05, 3.63) is 39.9 Å². The molecule has 0 saturated heterocycles. The summed E-state index contributed by atoms with van der Waals surface area (Å²) in [6.45, 7) is 0. The Morgan fingerprint density at radius 2 is 1.87 bits per heavy atom. The molecule has 1 atom stereocenters. The number of halogens is 3. The molecule has 15 heavy (non-hydrogen) atoms. The van der Waals surface area contributed by atoms with Gasteiger partial charge in [0.1, 0.15) is 0 Å². The van der Waals surface area contributed by atoms with Crippen LogP contribution in [0, 0.1) is 10.1 Å². The van der Waals surface area contributed by atoms with Gasteiger partial charge in [-0.25, -0.2) is 8.78 Å². The highest BCUT2D eigenvalue weighted by molar-refractivity contribution is 5.85. The maximum atomic E-state index is 12.2. The molecule has 1 aromatic carbocycles. The van der Waals surface area contributed by atoms with Crippen LogP contribution in [0.1, 0.15) is 11.6 Å². The smallest absolute Gasteiger partial charge is 0.274 e. The first-order valence-electron chi connectivity index (χ1n) is 3.81. The molecule has 0 fully saturated rings. The molecule has 0 spiro atoms. The molecule has 2 N–H and O–H groups in total. The van der Waals surface area contributed by atoms with Crippen molar-refractivity contribution in [1.82, 2.24) is 0 Å². The van der Waals surface area contributed by atoms with Crippen molar-refractivity contribution in [2.45, 2.75) is 12.5 Å².